The number of carbonyl (C=O) groups is 1. The minimum atomic E-state index is -2.79. The maximum atomic E-state index is 11.2. The summed E-state index contributed by atoms with van der Waals surface area (Å²) in [5.74, 6) is 0.438. The first kappa shape index (κ1) is 13.0. The third-order valence-electron chi connectivity index (χ3n) is 2.53. The van der Waals surface area contributed by atoms with Crippen LogP contribution in [0.15, 0.2) is 24.3 Å². The van der Waals surface area contributed by atoms with E-state index in [1.54, 1.807) is 12.2 Å². The van der Waals surface area contributed by atoms with Crippen LogP contribution in [0.4, 0.5) is 0 Å². The van der Waals surface area contributed by atoms with Crippen LogP contribution in [0.3, 0.4) is 0 Å². The highest BCUT2D eigenvalue weighted by atomic mass is 32.2. The molecule has 90 valence electrons. The highest BCUT2D eigenvalue weighted by molar-refractivity contribution is 7.91. The van der Waals surface area contributed by atoms with Gasteiger partial charge in [0.05, 0.1) is 18.6 Å². The number of hydrogen-bond donors (Lipinski definition) is 0. The Bertz CT molecular complexity index is 378. The van der Waals surface area contributed by atoms with E-state index in [1.165, 1.54) is 13.2 Å². The summed E-state index contributed by atoms with van der Waals surface area (Å²) in [6, 6.07) is 0. The summed E-state index contributed by atoms with van der Waals surface area (Å²) < 4.78 is 26.7. The van der Waals surface area contributed by atoms with Crippen LogP contribution in [0, 0.1) is 5.92 Å². The number of ether oxygens (including phenoxy) is 1. The molecule has 1 aliphatic rings. The van der Waals surface area contributed by atoms with E-state index >= 15 is 0 Å². The van der Waals surface area contributed by atoms with E-state index in [4.69, 9.17) is 0 Å². The van der Waals surface area contributed by atoms with Gasteiger partial charge in [0, 0.05) is 6.08 Å². The lowest BCUT2D eigenvalue weighted by Gasteiger charge is -2.18. The van der Waals surface area contributed by atoms with Crippen molar-refractivity contribution in [1.82, 2.24) is 0 Å². The van der Waals surface area contributed by atoms with Crippen LogP contribution >= 0.6 is 0 Å². The third-order valence-corrected chi connectivity index (χ3v) is 4.24. The first-order chi connectivity index (χ1) is 7.53. The molecule has 0 aliphatic carbocycles. The standard InChI is InChI=1S/C11H16O4S/c1-15-11(12)5-3-2-4-10-6-8-16(13,14)9-7-10/h2-5,10H,6-9H2,1H3/b4-2+,5-3-. The molecule has 0 bridgehead atoms. The zero-order chi connectivity index (χ0) is 12.0. The van der Waals surface area contributed by atoms with Crippen LogP contribution in [-0.4, -0.2) is 33.0 Å². The lowest BCUT2D eigenvalue weighted by Crippen LogP contribution is -2.22. The molecule has 1 saturated heterocycles. The van der Waals surface area contributed by atoms with Gasteiger partial charge < -0.3 is 4.74 Å². The SMILES string of the molecule is COC(=O)/C=C\C=C\C1CCS(=O)(=O)CC1. The predicted molar refractivity (Wildman–Crippen MR) is 61.7 cm³/mol. The van der Waals surface area contributed by atoms with E-state index < -0.39 is 15.8 Å². The second-order valence-electron chi connectivity index (χ2n) is 3.76. The fraction of sp³-hybridized carbons (Fsp3) is 0.545. The van der Waals surface area contributed by atoms with Gasteiger partial charge in [0.25, 0.3) is 0 Å². The number of esters is 1. The molecule has 1 fully saturated rings. The number of carbonyl (C=O) groups excluding carboxylic acids is 1. The molecule has 0 N–H and O–H groups in total. The Morgan fingerprint density at radius 1 is 1.25 bits per heavy atom. The predicted octanol–water partition coefficient (Wildman–Crippen LogP) is 1.10. The van der Waals surface area contributed by atoms with Crippen LogP contribution in [0.1, 0.15) is 12.8 Å². The maximum absolute atomic E-state index is 11.2. The van der Waals surface area contributed by atoms with Gasteiger partial charge in [-0.1, -0.05) is 18.2 Å². The van der Waals surface area contributed by atoms with E-state index in [0.29, 0.717) is 18.8 Å². The maximum Gasteiger partial charge on any atom is 0.330 e. The highest BCUT2D eigenvalue weighted by Crippen LogP contribution is 2.19. The van der Waals surface area contributed by atoms with Gasteiger partial charge in [-0.15, -0.1) is 0 Å². The van der Waals surface area contributed by atoms with Gasteiger partial charge in [-0.3, -0.25) is 0 Å². The Balaban J connectivity index is 2.37. The molecule has 1 aliphatic heterocycles. The molecule has 5 heteroatoms. The summed E-state index contributed by atoms with van der Waals surface area (Å²) in [4.78, 5) is 10.7. The van der Waals surface area contributed by atoms with Crippen molar-refractivity contribution in [2.75, 3.05) is 18.6 Å². The van der Waals surface area contributed by atoms with Crippen molar-refractivity contribution >= 4 is 15.8 Å². The topological polar surface area (TPSA) is 60.4 Å². The molecule has 4 nitrogen and oxygen atoms in total. The van der Waals surface area contributed by atoms with Crippen molar-refractivity contribution in [2.24, 2.45) is 5.92 Å². The van der Waals surface area contributed by atoms with Gasteiger partial charge >= 0.3 is 5.97 Å². The largest absolute Gasteiger partial charge is 0.466 e. The molecule has 0 aromatic carbocycles. The number of hydrogen-bond acceptors (Lipinski definition) is 4. The van der Waals surface area contributed by atoms with E-state index in [9.17, 15) is 13.2 Å². The zero-order valence-electron chi connectivity index (χ0n) is 9.26. The first-order valence-electron chi connectivity index (χ1n) is 5.17. The minimum Gasteiger partial charge on any atom is -0.466 e. The summed E-state index contributed by atoms with van der Waals surface area (Å²) >= 11 is 0. The lowest BCUT2D eigenvalue weighted by atomic mass is 10.0. The average Bonchev–Trinajstić information content (AvgIpc) is 2.26. The minimum absolute atomic E-state index is 0.267. The zero-order valence-corrected chi connectivity index (χ0v) is 10.1. The molecule has 0 spiro atoms. The Hall–Kier alpha value is -1.10. The summed E-state index contributed by atoms with van der Waals surface area (Å²) in [6.07, 6.45) is 7.98. The number of sulfone groups is 1. The Morgan fingerprint density at radius 3 is 2.44 bits per heavy atom. The quantitative estimate of drug-likeness (QED) is 0.424. The molecule has 0 atom stereocenters. The third kappa shape index (κ3) is 4.61. The number of allylic oxidation sites excluding steroid dienone is 3. The van der Waals surface area contributed by atoms with Gasteiger partial charge in [-0.05, 0) is 18.8 Å². The molecule has 0 unspecified atom stereocenters. The molecule has 1 heterocycles. The summed E-state index contributed by atoms with van der Waals surface area (Å²) in [7, 11) is -1.47. The highest BCUT2D eigenvalue weighted by Gasteiger charge is 2.21. The van der Waals surface area contributed by atoms with Crippen molar-refractivity contribution in [3.8, 4) is 0 Å². The van der Waals surface area contributed by atoms with Crippen molar-refractivity contribution in [3.05, 3.63) is 24.3 Å². The Labute approximate surface area is 95.9 Å². The van der Waals surface area contributed by atoms with E-state index in [0.717, 1.165) is 0 Å². The number of methoxy groups -OCH3 is 1. The van der Waals surface area contributed by atoms with Gasteiger partial charge in [0.2, 0.25) is 0 Å². The molecule has 1 rings (SSSR count). The normalized spacial score (nSPS) is 21.6. The molecule has 0 aromatic rings. The van der Waals surface area contributed by atoms with Gasteiger partial charge in [-0.2, -0.15) is 0 Å². The van der Waals surface area contributed by atoms with Crippen molar-refractivity contribution in [3.63, 3.8) is 0 Å². The van der Waals surface area contributed by atoms with Crippen LogP contribution in [-0.2, 0) is 19.4 Å². The molecule has 0 saturated carbocycles. The second-order valence-corrected chi connectivity index (χ2v) is 6.06. The Kier molecular flexibility index (Phi) is 4.73. The van der Waals surface area contributed by atoms with Crippen molar-refractivity contribution in [1.29, 1.82) is 0 Å². The fourth-order valence-corrected chi connectivity index (χ4v) is 3.05. The van der Waals surface area contributed by atoms with Gasteiger partial charge in [0.1, 0.15) is 9.84 Å². The molecular formula is C11H16O4S. The van der Waals surface area contributed by atoms with E-state index in [-0.39, 0.29) is 11.5 Å². The summed E-state index contributed by atoms with van der Waals surface area (Å²) in [6.45, 7) is 0. The number of rotatable bonds is 3. The van der Waals surface area contributed by atoms with Crippen molar-refractivity contribution in [2.45, 2.75) is 12.8 Å². The molecule has 16 heavy (non-hydrogen) atoms. The summed E-state index contributed by atoms with van der Waals surface area (Å²) in [5.41, 5.74) is 0. The monoisotopic (exact) mass is 244 g/mol. The lowest BCUT2D eigenvalue weighted by molar-refractivity contribution is -0.134. The second kappa shape index (κ2) is 5.84. The van der Waals surface area contributed by atoms with Crippen LogP contribution in [0.2, 0.25) is 0 Å². The molecule has 0 radical (unpaired) electrons. The van der Waals surface area contributed by atoms with Crippen LogP contribution in [0.25, 0.3) is 0 Å². The van der Waals surface area contributed by atoms with E-state index in [1.807, 2.05) is 6.08 Å². The fourth-order valence-electron chi connectivity index (χ4n) is 1.52. The summed E-state index contributed by atoms with van der Waals surface area (Å²) in [5, 5.41) is 0. The smallest absolute Gasteiger partial charge is 0.330 e. The Morgan fingerprint density at radius 2 is 1.88 bits per heavy atom. The van der Waals surface area contributed by atoms with Gasteiger partial charge in [-0.25, -0.2) is 13.2 Å². The molecular weight excluding hydrogens is 228 g/mol. The molecule has 0 aromatic heterocycles. The first-order valence-corrected chi connectivity index (χ1v) is 6.99. The van der Waals surface area contributed by atoms with Crippen LogP contribution < -0.4 is 0 Å². The van der Waals surface area contributed by atoms with Crippen LogP contribution in [0.5, 0.6) is 0 Å². The van der Waals surface area contributed by atoms with Gasteiger partial charge in [0.15, 0.2) is 0 Å². The van der Waals surface area contributed by atoms with E-state index in [2.05, 4.69) is 4.74 Å². The average molecular weight is 244 g/mol. The molecule has 0 amide bonds. The van der Waals surface area contributed by atoms with Crippen molar-refractivity contribution < 1.29 is 17.9 Å².